The minimum absolute atomic E-state index is 0.164. The topological polar surface area (TPSA) is 52.6 Å². The Hall–Kier alpha value is -1.06. The van der Waals surface area contributed by atoms with Crippen LogP contribution < -0.4 is 0 Å². The maximum atomic E-state index is 10.8. The summed E-state index contributed by atoms with van der Waals surface area (Å²) < 4.78 is 9.78. The van der Waals surface area contributed by atoms with Gasteiger partial charge >= 0.3 is 11.9 Å². The Morgan fingerprint density at radius 3 is 2.47 bits per heavy atom. The van der Waals surface area contributed by atoms with E-state index in [9.17, 15) is 9.59 Å². The molecule has 1 unspecified atom stereocenters. The molecule has 0 radical (unpaired) electrons. The van der Waals surface area contributed by atoms with Crippen LogP contribution in [0.3, 0.4) is 0 Å². The first-order valence-electron chi connectivity index (χ1n) is 5.35. The number of carbonyl (C=O) groups excluding carboxylic acids is 2. The van der Waals surface area contributed by atoms with Crippen molar-refractivity contribution in [1.29, 1.82) is 0 Å². The van der Waals surface area contributed by atoms with Gasteiger partial charge in [-0.25, -0.2) is 0 Å². The second-order valence-corrected chi connectivity index (χ2v) is 3.62. The first-order valence-corrected chi connectivity index (χ1v) is 5.35. The minimum atomic E-state index is -0.251. The quantitative estimate of drug-likeness (QED) is 0.482. The summed E-state index contributed by atoms with van der Waals surface area (Å²) >= 11 is 0. The van der Waals surface area contributed by atoms with Crippen molar-refractivity contribution >= 4 is 11.9 Å². The van der Waals surface area contributed by atoms with Crippen LogP contribution in [0, 0.1) is 5.92 Å². The van der Waals surface area contributed by atoms with E-state index in [1.165, 1.54) is 6.92 Å². The van der Waals surface area contributed by atoms with E-state index in [1.54, 1.807) is 6.92 Å². The van der Waals surface area contributed by atoms with Gasteiger partial charge in [0.2, 0.25) is 0 Å². The molecule has 0 aromatic heterocycles. The minimum Gasteiger partial charge on any atom is -0.466 e. The molecule has 4 nitrogen and oxygen atoms in total. The molecular weight excluding hydrogens is 196 g/mol. The molecule has 4 heteroatoms. The van der Waals surface area contributed by atoms with Crippen molar-refractivity contribution in [3.05, 3.63) is 0 Å². The standard InChI is InChI=1S/C11H20O4/c1-4-11(13)14-7-5-6-9(2)8-15-10(3)12/h9H,4-8H2,1-3H3. The predicted molar refractivity (Wildman–Crippen MR) is 56.3 cm³/mol. The lowest BCUT2D eigenvalue weighted by Gasteiger charge is -2.10. The van der Waals surface area contributed by atoms with E-state index in [4.69, 9.17) is 9.47 Å². The highest BCUT2D eigenvalue weighted by Crippen LogP contribution is 2.06. The fourth-order valence-electron chi connectivity index (χ4n) is 1.06. The summed E-state index contributed by atoms with van der Waals surface area (Å²) in [5, 5.41) is 0. The Labute approximate surface area is 90.9 Å². The zero-order valence-corrected chi connectivity index (χ0v) is 9.75. The number of rotatable bonds is 7. The molecule has 0 saturated heterocycles. The Morgan fingerprint density at radius 1 is 1.27 bits per heavy atom. The molecule has 1 atom stereocenters. The van der Waals surface area contributed by atoms with Crippen LogP contribution in [0.4, 0.5) is 0 Å². The van der Waals surface area contributed by atoms with Gasteiger partial charge in [-0.1, -0.05) is 13.8 Å². The molecule has 0 aromatic carbocycles. The monoisotopic (exact) mass is 216 g/mol. The van der Waals surface area contributed by atoms with Crippen molar-refractivity contribution in [2.45, 2.75) is 40.0 Å². The third-order valence-corrected chi connectivity index (χ3v) is 1.96. The van der Waals surface area contributed by atoms with Gasteiger partial charge in [-0.05, 0) is 18.8 Å². The van der Waals surface area contributed by atoms with Crippen LogP contribution in [0.5, 0.6) is 0 Å². The zero-order valence-electron chi connectivity index (χ0n) is 9.75. The smallest absolute Gasteiger partial charge is 0.305 e. The Kier molecular flexibility index (Phi) is 7.68. The molecule has 0 aliphatic heterocycles. The largest absolute Gasteiger partial charge is 0.466 e. The molecule has 15 heavy (non-hydrogen) atoms. The Bertz CT molecular complexity index is 201. The van der Waals surface area contributed by atoms with E-state index in [1.807, 2.05) is 6.92 Å². The summed E-state index contributed by atoms with van der Waals surface area (Å²) in [6.45, 7) is 6.07. The maximum absolute atomic E-state index is 10.8. The normalized spacial score (nSPS) is 11.9. The lowest BCUT2D eigenvalue weighted by atomic mass is 10.1. The van der Waals surface area contributed by atoms with Gasteiger partial charge in [-0.3, -0.25) is 9.59 Å². The second kappa shape index (κ2) is 8.26. The van der Waals surface area contributed by atoms with Crippen molar-refractivity contribution in [2.24, 2.45) is 5.92 Å². The molecule has 88 valence electrons. The average Bonchev–Trinajstić information content (AvgIpc) is 2.21. The van der Waals surface area contributed by atoms with E-state index < -0.39 is 0 Å². The van der Waals surface area contributed by atoms with Crippen LogP contribution in [0.15, 0.2) is 0 Å². The SMILES string of the molecule is CCC(=O)OCCCC(C)COC(C)=O. The summed E-state index contributed by atoms with van der Waals surface area (Å²) in [5.74, 6) is -0.101. The summed E-state index contributed by atoms with van der Waals surface area (Å²) in [6, 6.07) is 0. The van der Waals surface area contributed by atoms with Gasteiger partial charge in [-0.2, -0.15) is 0 Å². The molecule has 0 fully saturated rings. The summed E-state index contributed by atoms with van der Waals surface area (Å²) in [6.07, 6.45) is 2.13. The van der Waals surface area contributed by atoms with Gasteiger partial charge in [0, 0.05) is 13.3 Å². The van der Waals surface area contributed by atoms with E-state index >= 15 is 0 Å². The molecule has 0 rings (SSSR count). The van der Waals surface area contributed by atoms with Gasteiger partial charge in [0.1, 0.15) is 0 Å². The zero-order chi connectivity index (χ0) is 11.7. The molecule has 0 amide bonds. The lowest BCUT2D eigenvalue weighted by molar-refractivity contribution is -0.143. The second-order valence-electron chi connectivity index (χ2n) is 3.62. The molecule has 0 aromatic rings. The number of ether oxygens (including phenoxy) is 2. The molecule has 0 spiro atoms. The van der Waals surface area contributed by atoms with Gasteiger partial charge in [0.25, 0.3) is 0 Å². The predicted octanol–water partition coefficient (Wildman–Crippen LogP) is 1.92. The Morgan fingerprint density at radius 2 is 1.93 bits per heavy atom. The van der Waals surface area contributed by atoms with E-state index in [0.717, 1.165) is 12.8 Å². The van der Waals surface area contributed by atoms with E-state index in [-0.39, 0.29) is 11.9 Å². The third-order valence-electron chi connectivity index (χ3n) is 1.96. The summed E-state index contributed by atoms with van der Waals surface area (Å²) in [4.78, 5) is 21.3. The number of hydrogen-bond donors (Lipinski definition) is 0. The molecule has 0 aliphatic carbocycles. The summed E-state index contributed by atoms with van der Waals surface area (Å²) in [7, 11) is 0. The van der Waals surface area contributed by atoms with E-state index in [2.05, 4.69) is 0 Å². The first kappa shape index (κ1) is 13.9. The van der Waals surface area contributed by atoms with Crippen molar-refractivity contribution in [1.82, 2.24) is 0 Å². The third kappa shape index (κ3) is 9.25. The number of hydrogen-bond acceptors (Lipinski definition) is 4. The molecule has 0 bridgehead atoms. The highest BCUT2D eigenvalue weighted by atomic mass is 16.5. The Balaban J connectivity index is 3.34. The number of esters is 2. The van der Waals surface area contributed by atoms with Crippen molar-refractivity contribution in [3.8, 4) is 0 Å². The van der Waals surface area contributed by atoms with Crippen LogP contribution in [0.2, 0.25) is 0 Å². The molecule has 0 aliphatic rings. The van der Waals surface area contributed by atoms with Crippen molar-refractivity contribution < 1.29 is 19.1 Å². The highest BCUT2D eigenvalue weighted by molar-refractivity contribution is 5.68. The van der Waals surface area contributed by atoms with Crippen LogP contribution in [0.25, 0.3) is 0 Å². The van der Waals surface area contributed by atoms with Crippen molar-refractivity contribution in [2.75, 3.05) is 13.2 Å². The fraction of sp³-hybridized carbons (Fsp3) is 0.818. The van der Waals surface area contributed by atoms with Gasteiger partial charge in [-0.15, -0.1) is 0 Å². The van der Waals surface area contributed by atoms with Gasteiger partial charge in [0.15, 0.2) is 0 Å². The average molecular weight is 216 g/mol. The fourth-order valence-corrected chi connectivity index (χ4v) is 1.06. The molecule has 0 heterocycles. The van der Waals surface area contributed by atoms with Crippen LogP contribution in [0.1, 0.15) is 40.0 Å². The van der Waals surface area contributed by atoms with Crippen LogP contribution in [-0.4, -0.2) is 25.2 Å². The summed E-state index contributed by atoms with van der Waals surface area (Å²) in [5.41, 5.74) is 0. The van der Waals surface area contributed by atoms with Gasteiger partial charge < -0.3 is 9.47 Å². The highest BCUT2D eigenvalue weighted by Gasteiger charge is 2.05. The molecule has 0 N–H and O–H groups in total. The first-order chi connectivity index (χ1) is 7.06. The maximum Gasteiger partial charge on any atom is 0.305 e. The lowest BCUT2D eigenvalue weighted by Crippen LogP contribution is -2.11. The van der Waals surface area contributed by atoms with Crippen molar-refractivity contribution in [3.63, 3.8) is 0 Å². The number of carbonyl (C=O) groups is 2. The van der Waals surface area contributed by atoms with Crippen LogP contribution in [-0.2, 0) is 19.1 Å². The molecule has 0 saturated carbocycles. The van der Waals surface area contributed by atoms with Crippen LogP contribution >= 0.6 is 0 Å². The van der Waals surface area contributed by atoms with Gasteiger partial charge in [0.05, 0.1) is 13.2 Å². The molecular formula is C11H20O4. The van der Waals surface area contributed by atoms with E-state index in [0.29, 0.717) is 25.6 Å².